The second-order valence-electron chi connectivity index (χ2n) is 7.80. The van der Waals surface area contributed by atoms with Gasteiger partial charge in [-0.1, -0.05) is 47.8 Å². The molecule has 0 radical (unpaired) electrons. The third-order valence-electron chi connectivity index (χ3n) is 5.53. The fourth-order valence-corrected chi connectivity index (χ4v) is 4.10. The molecule has 5 nitrogen and oxygen atoms in total. The van der Waals surface area contributed by atoms with Gasteiger partial charge in [0, 0.05) is 17.1 Å². The maximum Gasteiger partial charge on any atom is 0.261 e. The van der Waals surface area contributed by atoms with E-state index in [1.165, 1.54) is 17.0 Å². The van der Waals surface area contributed by atoms with Gasteiger partial charge in [-0.15, -0.1) is 0 Å². The summed E-state index contributed by atoms with van der Waals surface area (Å²) in [7, 11) is 0. The third-order valence-corrected chi connectivity index (χ3v) is 6.06. The van der Waals surface area contributed by atoms with Crippen molar-refractivity contribution in [3.8, 4) is 5.75 Å². The maximum absolute atomic E-state index is 13.3. The molecular weight excluding hydrogens is 463 g/mol. The van der Waals surface area contributed by atoms with E-state index in [9.17, 15) is 14.0 Å². The van der Waals surface area contributed by atoms with E-state index < -0.39 is 6.04 Å². The monoisotopic (exact) mass is 490 g/mol. The molecule has 0 aromatic heterocycles. The van der Waals surface area contributed by atoms with Crippen LogP contribution in [0, 0.1) is 5.82 Å². The van der Waals surface area contributed by atoms with E-state index in [2.05, 4.69) is 21.2 Å². The summed E-state index contributed by atoms with van der Waals surface area (Å²) in [6.45, 7) is 1.91. The summed E-state index contributed by atoms with van der Waals surface area (Å²) in [5.74, 6) is -0.206. The molecule has 1 atom stereocenters. The first kappa shape index (κ1) is 23.3. The Morgan fingerprint density at radius 1 is 1.13 bits per heavy atom. The van der Waals surface area contributed by atoms with E-state index >= 15 is 0 Å². The fourth-order valence-electron chi connectivity index (χ4n) is 3.83. The van der Waals surface area contributed by atoms with Gasteiger partial charge in [-0.25, -0.2) is 4.39 Å². The normalized spacial score (nSPS) is 14.8. The van der Waals surface area contributed by atoms with E-state index in [1.54, 1.807) is 24.3 Å². The van der Waals surface area contributed by atoms with Crippen LogP contribution in [0.5, 0.6) is 5.75 Å². The van der Waals surface area contributed by atoms with Crippen molar-refractivity contribution >= 4 is 27.7 Å². The van der Waals surface area contributed by atoms with Crippen molar-refractivity contribution in [2.24, 2.45) is 0 Å². The van der Waals surface area contributed by atoms with E-state index in [0.29, 0.717) is 12.2 Å². The lowest BCUT2D eigenvalue weighted by molar-refractivity contribution is -0.143. The molecule has 0 saturated heterocycles. The number of nitrogens with one attached hydrogen (secondary N) is 1. The SMILES string of the molecule is CCC(C(=O)NC1CCCC1)N(Cc1ccc(F)cc1)C(=O)COc1ccc(Br)cc1. The zero-order chi connectivity index (χ0) is 22.2. The van der Waals surface area contributed by atoms with Gasteiger partial charge in [0.2, 0.25) is 5.91 Å². The molecule has 1 fully saturated rings. The lowest BCUT2D eigenvalue weighted by atomic mass is 10.1. The predicted molar refractivity (Wildman–Crippen MR) is 121 cm³/mol. The highest BCUT2D eigenvalue weighted by molar-refractivity contribution is 9.10. The molecule has 3 rings (SSSR count). The first-order valence-electron chi connectivity index (χ1n) is 10.7. The molecule has 0 aliphatic heterocycles. The Balaban J connectivity index is 1.74. The molecule has 166 valence electrons. The number of benzene rings is 2. The van der Waals surface area contributed by atoms with Gasteiger partial charge in [-0.3, -0.25) is 9.59 Å². The van der Waals surface area contributed by atoms with Crippen molar-refractivity contribution in [1.29, 1.82) is 0 Å². The van der Waals surface area contributed by atoms with Crippen molar-refractivity contribution in [1.82, 2.24) is 10.2 Å². The summed E-state index contributed by atoms with van der Waals surface area (Å²) in [6, 6.07) is 12.7. The summed E-state index contributed by atoms with van der Waals surface area (Å²) in [5.41, 5.74) is 0.755. The second kappa shape index (κ2) is 11.3. The summed E-state index contributed by atoms with van der Waals surface area (Å²) >= 11 is 3.37. The standard InChI is InChI=1S/C24H28BrFN2O3/c1-2-22(24(30)27-20-5-3-4-6-20)28(15-17-7-11-19(26)12-8-17)23(29)16-31-21-13-9-18(25)10-14-21/h7-14,20,22H,2-6,15-16H2,1H3,(H,27,30). The van der Waals surface area contributed by atoms with Gasteiger partial charge < -0.3 is 15.0 Å². The molecule has 2 aromatic carbocycles. The van der Waals surface area contributed by atoms with Crippen LogP contribution in [0.25, 0.3) is 0 Å². The topological polar surface area (TPSA) is 58.6 Å². The number of amides is 2. The van der Waals surface area contributed by atoms with Crippen molar-refractivity contribution in [2.45, 2.75) is 57.7 Å². The summed E-state index contributed by atoms with van der Waals surface area (Å²) < 4.78 is 19.9. The molecular formula is C24H28BrFN2O3. The summed E-state index contributed by atoms with van der Waals surface area (Å²) in [4.78, 5) is 27.7. The minimum Gasteiger partial charge on any atom is -0.484 e. The quantitative estimate of drug-likeness (QED) is 0.547. The van der Waals surface area contributed by atoms with Gasteiger partial charge in [0.05, 0.1) is 0 Å². The van der Waals surface area contributed by atoms with Crippen LogP contribution in [0.3, 0.4) is 0 Å². The van der Waals surface area contributed by atoms with Crippen LogP contribution >= 0.6 is 15.9 Å². The molecule has 1 N–H and O–H groups in total. The van der Waals surface area contributed by atoms with E-state index in [4.69, 9.17) is 4.74 Å². The highest BCUT2D eigenvalue weighted by atomic mass is 79.9. The molecule has 1 saturated carbocycles. The van der Waals surface area contributed by atoms with Crippen LogP contribution in [0.4, 0.5) is 4.39 Å². The first-order valence-corrected chi connectivity index (χ1v) is 11.5. The largest absolute Gasteiger partial charge is 0.484 e. The Bertz CT molecular complexity index is 867. The van der Waals surface area contributed by atoms with Crippen molar-refractivity contribution in [2.75, 3.05) is 6.61 Å². The Kier molecular flexibility index (Phi) is 8.46. The van der Waals surface area contributed by atoms with Crippen molar-refractivity contribution in [3.63, 3.8) is 0 Å². The van der Waals surface area contributed by atoms with Gasteiger partial charge in [-0.05, 0) is 61.2 Å². The van der Waals surface area contributed by atoms with Crippen LogP contribution in [0.1, 0.15) is 44.6 Å². The zero-order valence-corrected chi connectivity index (χ0v) is 19.2. The molecule has 1 unspecified atom stereocenters. The smallest absolute Gasteiger partial charge is 0.261 e. The van der Waals surface area contributed by atoms with Crippen LogP contribution in [0.15, 0.2) is 53.0 Å². The minimum absolute atomic E-state index is 0.145. The van der Waals surface area contributed by atoms with Gasteiger partial charge in [0.25, 0.3) is 5.91 Å². The lowest BCUT2D eigenvalue weighted by Crippen LogP contribution is -2.52. The fraction of sp³-hybridized carbons (Fsp3) is 0.417. The number of rotatable bonds is 9. The summed E-state index contributed by atoms with van der Waals surface area (Å²) in [6.07, 6.45) is 4.65. The molecule has 7 heteroatoms. The number of hydrogen-bond donors (Lipinski definition) is 1. The Labute approximate surface area is 191 Å². The zero-order valence-electron chi connectivity index (χ0n) is 17.7. The average molecular weight is 491 g/mol. The number of hydrogen-bond acceptors (Lipinski definition) is 3. The molecule has 1 aliphatic carbocycles. The van der Waals surface area contributed by atoms with Gasteiger partial charge >= 0.3 is 0 Å². The van der Waals surface area contributed by atoms with Crippen molar-refractivity contribution in [3.05, 3.63) is 64.4 Å². The Morgan fingerprint density at radius 3 is 2.39 bits per heavy atom. The van der Waals surface area contributed by atoms with Crippen LogP contribution < -0.4 is 10.1 Å². The number of carbonyl (C=O) groups excluding carboxylic acids is 2. The molecule has 0 spiro atoms. The average Bonchev–Trinajstić information content (AvgIpc) is 3.27. The molecule has 0 heterocycles. The van der Waals surface area contributed by atoms with E-state index in [1.807, 2.05) is 19.1 Å². The second-order valence-corrected chi connectivity index (χ2v) is 8.72. The first-order chi connectivity index (χ1) is 15.0. The number of carbonyl (C=O) groups is 2. The van der Waals surface area contributed by atoms with Gasteiger partial charge in [0.1, 0.15) is 17.6 Å². The minimum atomic E-state index is -0.619. The molecule has 0 bridgehead atoms. The van der Waals surface area contributed by atoms with Crippen LogP contribution in [0.2, 0.25) is 0 Å². The number of halogens is 2. The number of nitrogens with zero attached hydrogens (tertiary/aromatic N) is 1. The Morgan fingerprint density at radius 2 is 1.77 bits per heavy atom. The summed E-state index contributed by atoms with van der Waals surface area (Å²) in [5, 5.41) is 3.10. The predicted octanol–water partition coefficient (Wildman–Crippen LogP) is 4.83. The molecule has 1 aliphatic rings. The molecule has 2 amide bonds. The lowest BCUT2D eigenvalue weighted by Gasteiger charge is -2.31. The highest BCUT2D eigenvalue weighted by Gasteiger charge is 2.30. The van der Waals surface area contributed by atoms with Crippen LogP contribution in [-0.2, 0) is 16.1 Å². The van der Waals surface area contributed by atoms with Crippen molar-refractivity contribution < 1.29 is 18.7 Å². The Hall–Kier alpha value is -2.41. The van der Waals surface area contributed by atoms with E-state index in [0.717, 1.165) is 35.7 Å². The number of ether oxygens (including phenoxy) is 1. The third kappa shape index (κ3) is 6.79. The van der Waals surface area contributed by atoms with Gasteiger partial charge in [0.15, 0.2) is 6.61 Å². The van der Waals surface area contributed by atoms with E-state index in [-0.39, 0.29) is 36.8 Å². The maximum atomic E-state index is 13.3. The highest BCUT2D eigenvalue weighted by Crippen LogP contribution is 2.20. The molecule has 2 aromatic rings. The van der Waals surface area contributed by atoms with Gasteiger partial charge in [-0.2, -0.15) is 0 Å². The van der Waals surface area contributed by atoms with Crippen LogP contribution in [-0.4, -0.2) is 35.4 Å². The molecule has 31 heavy (non-hydrogen) atoms.